The number of rotatable bonds is 6. The molecule has 0 saturated carbocycles. The van der Waals surface area contributed by atoms with Gasteiger partial charge in [0.05, 0.1) is 18.4 Å². The van der Waals surface area contributed by atoms with Crippen molar-refractivity contribution in [1.82, 2.24) is 14.5 Å². The summed E-state index contributed by atoms with van der Waals surface area (Å²) < 4.78 is 34.1. The number of thiophene rings is 1. The molecule has 0 unspecified atom stereocenters. The van der Waals surface area contributed by atoms with Crippen LogP contribution in [0.1, 0.15) is 16.6 Å². The van der Waals surface area contributed by atoms with E-state index < -0.39 is 10.0 Å². The average molecular weight is 337 g/mol. The van der Waals surface area contributed by atoms with Crippen LogP contribution in [0.5, 0.6) is 0 Å². The van der Waals surface area contributed by atoms with E-state index in [0.29, 0.717) is 0 Å². The van der Waals surface area contributed by atoms with Gasteiger partial charge in [-0.2, -0.15) is 5.10 Å². The van der Waals surface area contributed by atoms with Crippen molar-refractivity contribution >= 4 is 21.4 Å². The summed E-state index contributed by atoms with van der Waals surface area (Å²) in [4.78, 5) is 1.20. The van der Waals surface area contributed by atoms with Crippen molar-refractivity contribution < 1.29 is 12.8 Å². The second-order valence-corrected chi connectivity index (χ2v) is 7.53. The van der Waals surface area contributed by atoms with Crippen molar-refractivity contribution in [2.24, 2.45) is 7.05 Å². The first-order chi connectivity index (χ1) is 10.6. The van der Waals surface area contributed by atoms with E-state index in [9.17, 15) is 8.42 Å². The second-order valence-electron chi connectivity index (χ2n) is 4.79. The molecule has 3 rings (SSSR count). The first-order valence-electron chi connectivity index (χ1n) is 6.61. The lowest BCUT2D eigenvalue weighted by Gasteiger charge is -2.13. The summed E-state index contributed by atoms with van der Waals surface area (Å²) >= 11 is 1.57. The van der Waals surface area contributed by atoms with E-state index >= 15 is 0 Å². The standard InChI is InChI=1S/C14H15N3O3S2/c1-17-10-11(8-15-17)22(18,19)16-9-12(13-4-2-6-20-13)14-5-3-7-21-14/h2-8,10,12,16H,9H2,1H3/t12-/m0/s1. The number of aromatic nitrogens is 2. The molecule has 3 heterocycles. The van der Waals surface area contributed by atoms with Crippen molar-refractivity contribution in [3.63, 3.8) is 0 Å². The summed E-state index contributed by atoms with van der Waals surface area (Å²) in [6, 6.07) is 7.55. The summed E-state index contributed by atoms with van der Waals surface area (Å²) in [5.41, 5.74) is 0. The Kier molecular flexibility index (Phi) is 4.14. The van der Waals surface area contributed by atoms with Gasteiger partial charge in [-0.25, -0.2) is 13.1 Å². The molecule has 6 nitrogen and oxygen atoms in total. The number of hydrogen-bond acceptors (Lipinski definition) is 5. The van der Waals surface area contributed by atoms with Crippen LogP contribution >= 0.6 is 11.3 Å². The molecule has 0 amide bonds. The quantitative estimate of drug-likeness (QED) is 0.748. The molecule has 0 aliphatic heterocycles. The van der Waals surface area contributed by atoms with Crippen LogP contribution in [-0.2, 0) is 17.1 Å². The van der Waals surface area contributed by atoms with Gasteiger partial charge in [0.15, 0.2) is 0 Å². The van der Waals surface area contributed by atoms with Gasteiger partial charge in [-0.15, -0.1) is 11.3 Å². The molecule has 0 aliphatic rings. The average Bonchev–Trinajstić information content (AvgIpc) is 3.20. The molecule has 0 aromatic carbocycles. The summed E-state index contributed by atoms with van der Waals surface area (Å²) in [5.74, 6) is 0.581. The summed E-state index contributed by atoms with van der Waals surface area (Å²) in [6.07, 6.45) is 4.39. The minimum Gasteiger partial charge on any atom is -0.469 e. The van der Waals surface area contributed by atoms with Crippen LogP contribution in [0.15, 0.2) is 57.6 Å². The Bertz CT molecular complexity index is 786. The van der Waals surface area contributed by atoms with Crippen molar-refractivity contribution in [3.05, 3.63) is 58.9 Å². The van der Waals surface area contributed by atoms with E-state index in [1.165, 1.54) is 17.1 Å². The first kappa shape index (κ1) is 15.0. The number of furan rings is 1. The molecule has 116 valence electrons. The van der Waals surface area contributed by atoms with E-state index in [0.717, 1.165) is 10.6 Å². The van der Waals surface area contributed by atoms with Gasteiger partial charge in [-0.05, 0) is 23.6 Å². The van der Waals surface area contributed by atoms with E-state index in [2.05, 4.69) is 9.82 Å². The Morgan fingerprint density at radius 1 is 1.41 bits per heavy atom. The highest BCUT2D eigenvalue weighted by atomic mass is 32.2. The third kappa shape index (κ3) is 3.13. The largest absolute Gasteiger partial charge is 0.469 e. The molecule has 0 aliphatic carbocycles. The molecule has 1 N–H and O–H groups in total. The Labute approximate surface area is 132 Å². The smallest absolute Gasteiger partial charge is 0.243 e. The number of nitrogens with one attached hydrogen (secondary N) is 1. The third-order valence-corrected chi connectivity index (χ3v) is 5.61. The number of nitrogens with zero attached hydrogens (tertiary/aromatic N) is 2. The highest BCUT2D eigenvalue weighted by Crippen LogP contribution is 2.28. The molecule has 0 saturated heterocycles. The van der Waals surface area contributed by atoms with E-state index in [4.69, 9.17) is 4.42 Å². The number of hydrogen-bond donors (Lipinski definition) is 1. The topological polar surface area (TPSA) is 77.1 Å². The van der Waals surface area contributed by atoms with E-state index in [1.807, 2.05) is 23.6 Å². The normalized spacial score (nSPS) is 13.3. The molecule has 0 fully saturated rings. The molecule has 0 spiro atoms. The fourth-order valence-electron chi connectivity index (χ4n) is 2.13. The van der Waals surface area contributed by atoms with Gasteiger partial charge in [-0.3, -0.25) is 4.68 Å². The molecular formula is C14H15N3O3S2. The van der Waals surface area contributed by atoms with Crippen molar-refractivity contribution in [2.45, 2.75) is 10.8 Å². The highest BCUT2D eigenvalue weighted by Gasteiger charge is 2.22. The fourth-order valence-corrected chi connectivity index (χ4v) is 4.00. The minimum atomic E-state index is -3.59. The maximum absolute atomic E-state index is 12.3. The number of sulfonamides is 1. The van der Waals surface area contributed by atoms with Crippen LogP contribution in [0.2, 0.25) is 0 Å². The summed E-state index contributed by atoms with van der Waals surface area (Å²) in [6.45, 7) is 0.227. The predicted molar refractivity (Wildman–Crippen MR) is 83.3 cm³/mol. The Morgan fingerprint density at radius 2 is 2.27 bits per heavy atom. The van der Waals surface area contributed by atoms with Crippen molar-refractivity contribution in [1.29, 1.82) is 0 Å². The van der Waals surface area contributed by atoms with Crippen LogP contribution in [0.3, 0.4) is 0 Å². The van der Waals surface area contributed by atoms with Crippen LogP contribution in [0.4, 0.5) is 0 Å². The molecule has 3 aromatic rings. The molecule has 0 bridgehead atoms. The monoisotopic (exact) mass is 337 g/mol. The number of aryl methyl sites for hydroxylation is 1. The van der Waals surface area contributed by atoms with Crippen molar-refractivity contribution in [2.75, 3.05) is 6.54 Å². The van der Waals surface area contributed by atoms with Crippen molar-refractivity contribution in [3.8, 4) is 0 Å². The first-order valence-corrected chi connectivity index (χ1v) is 8.97. The van der Waals surface area contributed by atoms with Gasteiger partial charge in [0, 0.05) is 24.7 Å². The van der Waals surface area contributed by atoms with Gasteiger partial charge >= 0.3 is 0 Å². The van der Waals surface area contributed by atoms with Crippen LogP contribution < -0.4 is 4.72 Å². The van der Waals surface area contributed by atoms with E-state index in [1.54, 1.807) is 30.7 Å². The Balaban J connectivity index is 1.80. The lowest BCUT2D eigenvalue weighted by atomic mass is 10.1. The van der Waals surface area contributed by atoms with Crippen LogP contribution in [0, 0.1) is 0 Å². The summed E-state index contributed by atoms with van der Waals surface area (Å²) in [5, 5.41) is 5.85. The van der Waals surface area contributed by atoms with Gasteiger partial charge < -0.3 is 4.42 Å². The Hall–Kier alpha value is -1.90. The fraction of sp³-hybridized carbons (Fsp3) is 0.214. The lowest BCUT2D eigenvalue weighted by Crippen LogP contribution is -2.28. The SMILES string of the molecule is Cn1cc(S(=O)(=O)NC[C@@H](c2ccco2)c2cccs2)cn1. The molecule has 0 radical (unpaired) electrons. The van der Waals surface area contributed by atoms with Crippen LogP contribution in [-0.4, -0.2) is 24.7 Å². The third-order valence-electron chi connectivity index (χ3n) is 3.24. The van der Waals surface area contributed by atoms with Crippen LogP contribution in [0.25, 0.3) is 0 Å². The van der Waals surface area contributed by atoms with Gasteiger partial charge in [0.25, 0.3) is 0 Å². The van der Waals surface area contributed by atoms with Gasteiger partial charge in [-0.1, -0.05) is 6.07 Å². The van der Waals surface area contributed by atoms with Gasteiger partial charge in [0.2, 0.25) is 10.0 Å². The highest BCUT2D eigenvalue weighted by molar-refractivity contribution is 7.89. The molecule has 8 heteroatoms. The maximum atomic E-state index is 12.3. The molecule has 1 atom stereocenters. The maximum Gasteiger partial charge on any atom is 0.243 e. The minimum absolute atomic E-state index is 0.151. The zero-order valence-corrected chi connectivity index (χ0v) is 13.5. The zero-order valence-electron chi connectivity index (χ0n) is 11.8. The molecule has 22 heavy (non-hydrogen) atoms. The van der Waals surface area contributed by atoms with E-state index in [-0.39, 0.29) is 17.4 Å². The summed E-state index contributed by atoms with van der Waals surface area (Å²) in [7, 11) is -1.91. The Morgan fingerprint density at radius 3 is 2.86 bits per heavy atom. The molecule has 3 aromatic heterocycles. The molecular weight excluding hydrogens is 322 g/mol. The zero-order chi connectivity index (χ0) is 15.6. The van der Waals surface area contributed by atoms with Gasteiger partial charge in [0.1, 0.15) is 10.7 Å². The lowest BCUT2D eigenvalue weighted by molar-refractivity contribution is 0.483. The second kappa shape index (κ2) is 6.07. The predicted octanol–water partition coefficient (Wildman–Crippen LogP) is 2.18.